The van der Waals surface area contributed by atoms with E-state index in [0.717, 1.165) is 5.75 Å². The lowest BCUT2D eigenvalue weighted by atomic mass is 10.0. The van der Waals surface area contributed by atoms with Crippen LogP contribution < -0.4 is 10.1 Å². The number of nitrogens with zero attached hydrogens (tertiary/aromatic N) is 1. The highest BCUT2D eigenvalue weighted by Gasteiger charge is 2.39. The minimum atomic E-state index is -3.03. The molecule has 6 nitrogen and oxygen atoms in total. The van der Waals surface area contributed by atoms with Crippen molar-refractivity contribution in [2.45, 2.75) is 18.9 Å². The highest BCUT2D eigenvalue weighted by Crippen LogP contribution is 2.22. The maximum absolute atomic E-state index is 12.1. The number of rotatable bonds is 7. The lowest BCUT2D eigenvalue weighted by Crippen LogP contribution is -2.50. The van der Waals surface area contributed by atoms with Gasteiger partial charge in [0.05, 0.1) is 23.6 Å². The number of sulfone groups is 1. The largest absolute Gasteiger partial charge is 0.492 e. The average molecular weight is 375 g/mol. The molecule has 8 heteroatoms. The molecule has 1 aliphatic heterocycles. The third kappa shape index (κ3) is 5.96. The SMILES string of the molecule is CN(CCOc1ccc(Cl)cc1)CC(=O)N[C@]1(C)CCS(=O)(=O)C1. The van der Waals surface area contributed by atoms with Gasteiger partial charge in [-0.05, 0) is 44.7 Å². The van der Waals surface area contributed by atoms with Crippen LogP contribution in [0, 0.1) is 0 Å². The van der Waals surface area contributed by atoms with E-state index < -0.39 is 15.4 Å². The topological polar surface area (TPSA) is 75.7 Å². The summed E-state index contributed by atoms with van der Waals surface area (Å²) < 4.78 is 28.7. The van der Waals surface area contributed by atoms with Crippen LogP contribution in [0.2, 0.25) is 5.02 Å². The number of amides is 1. The van der Waals surface area contributed by atoms with Crippen molar-refractivity contribution in [3.8, 4) is 5.75 Å². The molecule has 0 aliphatic carbocycles. The van der Waals surface area contributed by atoms with Gasteiger partial charge in [0, 0.05) is 11.6 Å². The highest BCUT2D eigenvalue weighted by molar-refractivity contribution is 7.91. The predicted molar refractivity (Wildman–Crippen MR) is 94.3 cm³/mol. The Morgan fingerprint density at radius 3 is 2.62 bits per heavy atom. The Labute approximate surface area is 148 Å². The first-order valence-corrected chi connectivity index (χ1v) is 9.96. The van der Waals surface area contributed by atoms with E-state index in [9.17, 15) is 13.2 Å². The molecule has 0 radical (unpaired) electrons. The summed E-state index contributed by atoms with van der Waals surface area (Å²) in [6, 6.07) is 7.08. The predicted octanol–water partition coefficient (Wildman–Crippen LogP) is 1.34. The maximum Gasteiger partial charge on any atom is 0.234 e. The number of carbonyl (C=O) groups excluding carboxylic acids is 1. The quantitative estimate of drug-likeness (QED) is 0.779. The number of likely N-dealkylation sites (N-methyl/N-ethyl adjacent to an activating group) is 1. The van der Waals surface area contributed by atoms with Crippen molar-refractivity contribution in [1.82, 2.24) is 10.2 Å². The fourth-order valence-corrected chi connectivity index (χ4v) is 4.88. The van der Waals surface area contributed by atoms with Crippen LogP contribution in [-0.4, -0.2) is 63.0 Å². The molecule has 0 aromatic heterocycles. The van der Waals surface area contributed by atoms with Gasteiger partial charge >= 0.3 is 0 Å². The van der Waals surface area contributed by atoms with Crippen LogP contribution in [0.1, 0.15) is 13.3 Å². The van der Waals surface area contributed by atoms with Gasteiger partial charge in [-0.15, -0.1) is 0 Å². The summed E-state index contributed by atoms with van der Waals surface area (Å²) >= 11 is 5.81. The molecule has 0 bridgehead atoms. The Kier molecular flexibility index (Phi) is 6.11. The number of nitrogens with one attached hydrogen (secondary N) is 1. The molecule has 1 aromatic carbocycles. The fourth-order valence-electron chi connectivity index (χ4n) is 2.66. The van der Waals surface area contributed by atoms with Crippen molar-refractivity contribution in [1.29, 1.82) is 0 Å². The Morgan fingerprint density at radius 2 is 2.04 bits per heavy atom. The van der Waals surface area contributed by atoms with Crippen molar-refractivity contribution in [2.75, 3.05) is 38.2 Å². The van der Waals surface area contributed by atoms with Gasteiger partial charge in [-0.25, -0.2) is 8.42 Å². The Morgan fingerprint density at radius 1 is 1.38 bits per heavy atom. The Bertz CT molecular complexity index is 678. The van der Waals surface area contributed by atoms with Gasteiger partial charge in [0.25, 0.3) is 0 Å². The third-order valence-electron chi connectivity index (χ3n) is 3.91. The lowest BCUT2D eigenvalue weighted by molar-refractivity contribution is -0.123. The van der Waals surface area contributed by atoms with E-state index in [-0.39, 0.29) is 24.0 Å². The van der Waals surface area contributed by atoms with Crippen molar-refractivity contribution in [3.63, 3.8) is 0 Å². The third-order valence-corrected chi connectivity index (χ3v) is 6.07. The minimum absolute atomic E-state index is 0.00906. The van der Waals surface area contributed by atoms with E-state index in [1.165, 1.54) is 0 Å². The van der Waals surface area contributed by atoms with E-state index in [1.54, 1.807) is 31.2 Å². The van der Waals surface area contributed by atoms with Crippen LogP contribution in [0.25, 0.3) is 0 Å². The van der Waals surface area contributed by atoms with Crippen molar-refractivity contribution in [3.05, 3.63) is 29.3 Å². The average Bonchev–Trinajstić information content (AvgIpc) is 2.74. The zero-order valence-electron chi connectivity index (χ0n) is 13.9. The van der Waals surface area contributed by atoms with E-state index in [4.69, 9.17) is 16.3 Å². The number of hydrogen-bond acceptors (Lipinski definition) is 5. The van der Waals surface area contributed by atoms with Crippen LogP contribution in [0.3, 0.4) is 0 Å². The molecule has 1 fully saturated rings. The second-order valence-corrected chi connectivity index (χ2v) is 9.11. The van der Waals surface area contributed by atoms with Crippen LogP contribution in [-0.2, 0) is 14.6 Å². The van der Waals surface area contributed by atoms with Gasteiger partial charge in [0.2, 0.25) is 5.91 Å². The molecular formula is C16H23ClN2O4S. The number of carbonyl (C=O) groups is 1. The molecular weight excluding hydrogens is 352 g/mol. The summed E-state index contributed by atoms with van der Waals surface area (Å²) in [4.78, 5) is 13.9. The molecule has 1 aliphatic rings. The molecule has 1 N–H and O–H groups in total. The first-order chi connectivity index (χ1) is 11.2. The van der Waals surface area contributed by atoms with E-state index in [2.05, 4.69) is 5.32 Å². The number of ether oxygens (including phenoxy) is 1. The Hall–Kier alpha value is -1.31. The van der Waals surface area contributed by atoms with Crippen LogP contribution in [0.4, 0.5) is 0 Å². The molecule has 0 saturated carbocycles. The molecule has 24 heavy (non-hydrogen) atoms. The zero-order chi connectivity index (χ0) is 17.8. The monoisotopic (exact) mass is 374 g/mol. The number of halogens is 1. The van der Waals surface area contributed by atoms with Crippen LogP contribution in [0.5, 0.6) is 5.75 Å². The van der Waals surface area contributed by atoms with Crippen molar-refractivity contribution >= 4 is 27.3 Å². The van der Waals surface area contributed by atoms with Gasteiger partial charge in [-0.2, -0.15) is 0 Å². The molecule has 1 aromatic rings. The summed E-state index contributed by atoms with van der Waals surface area (Å²) in [5.74, 6) is 0.688. The molecule has 0 spiro atoms. The molecule has 1 saturated heterocycles. The standard InChI is InChI=1S/C16H23ClN2O4S/c1-16(7-10-24(21,22)12-16)18-15(20)11-19(2)8-9-23-14-5-3-13(17)4-6-14/h3-6H,7-12H2,1-2H3,(H,18,20)/t16-/m1/s1. The molecule has 1 atom stereocenters. The molecule has 1 heterocycles. The second-order valence-electron chi connectivity index (χ2n) is 6.49. The van der Waals surface area contributed by atoms with E-state index >= 15 is 0 Å². The maximum atomic E-state index is 12.1. The summed E-state index contributed by atoms with van der Waals surface area (Å²) in [6.07, 6.45) is 0.463. The van der Waals surface area contributed by atoms with Gasteiger partial charge in [-0.3, -0.25) is 9.69 Å². The highest BCUT2D eigenvalue weighted by atomic mass is 35.5. The second kappa shape index (κ2) is 7.72. The number of benzene rings is 1. The van der Waals surface area contributed by atoms with Gasteiger partial charge in [-0.1, -0.05) is 11.6 Å². The Balaban J connectivity index is 1.71. The summed E-state index contributed by atoms with van der Waals surface area (Å²) in [5, 5.41) is 3.49. The van der Waals surface area contributed by atoms with E-state index in [0.29, 0.717) is 24.6 Å². The molecule has 2 rings (SSSR count). The number of hydrogen-bond donors (Lipinski definition) is 1. The van der Waals surface area contributed by atoms with Crippen LogP contribution >= 0.6 is 11.6 Å². The minimum Gasteiger partial charge on any atom is -0.492 e. The molecule has 134 valence electrons. The summed E-state index contributed by atoms with van der Waals surface area (Å²) in [5.41, 5.74) is -0.656. The van der Waals surface area contributed by atoms with Crippen molar-refractivity contribution < 1.29 is 17.9 Å². The fraction of sp³-hybridized carbons (Fsp3) is 0.562. The zero-order valence-corrected chi connectivity index (χ0v) is 15.5. The van der Waals surface area contributed by atoms with Gasteiger partial charge in [0.1, 0.15) is 12.4 Å². The smallest absolute Gasteiger partial charge is 0.234 e. The van der Waals surface area contributed by atoms with Gasteiger partial charge in [0.15, 0.2) is 9.84 Å². The van der Waals surface area contributed by atoms with Gasteiger partial charge < -0.3 is 10.1 Å². The van der Waals surface area contributed by atoms with Crippen LogP contribution in [0.15, 0.2) is 24.3 Å². The summed E-state index contributed by atoms with van der Waals surface area (Å²) in [6.45, 7) is 2.99. The van der Waals surface area contributed by atoms with E-state index in [1.807, 2.05) is 11.9 Å². The van der Waals surface area contributed by atoms with Crippen molar-refractivity contribution in [2.24, 2.45) is 0 Å². The summed E-state index contributed by atoms with van der Waals surface area (Å²) in [7, 11) is -1.22. The first-order valence-electron chi connectivity index (χ1n) is 7.76. The molecule has 0 unspecified atom stereocenters. The first kappa shape index (κ1) is 19.0. The lowest BCUT2D eigenvalue weighted by Gasteiger charge is -2.25. The normalized spacial score (nSPS) is 22.5. The molecule has 1 amide bonds.